The summed E-state index contributed by atoms with van der Waals surface area (Å²) >= 11 is 3.12. The van der Waals surface area contributed by atoms with Crippen molar-refractivity contribution in [3.8, 4) is 5.75 Å². The van der Waals surface area contributed by atoms with Crippen LogP contribution in [0.3, 0.4) is 0 Å². The van der Waals surface area contributed by atoms with E-state index in [1.54, 1.807) is 6.07 Å². The molecular formula is C12H13BrF3NO. The summed E-state index contributed by atoms with van der Waals surface area (Å²) in [6.45, 7) is 0. The minimum atomic E-state index is -4.45. The van der Waals surface area contributed by atoms with Crippen molar-refractivity contribution in [1.29, 1.82) is 0 Å². The molecule has 100 valence electrons. The fourth-order valence-corrected chi connectivity index (χ4v) is 2.77. The van der Waals surface area contributed by atoms with Crippen molar-refractivity contribution < 1.29 is 17.9 Å². The molecule has 0 spiro atoms. The highest BCUT2D eigenvalue weighted by molar-refractivity contribution is 9.10. The van der Waals surface area contributed by atoms with E-state index in [9.17, 15) is 13.2 Å². The van der Waals surface area contributed by atoms with Crippen LogP contribution < -0.4 is 10.5 Å². The van der Waals surface area contributed by atoms with Crippen LogP contribution in [0.25, 0.3) is 0 Å². The quantitative estimate of drug-likeness (QED) is 0.898. The fourth-order valence-electron chi connectivity index (χ4n) is 2.15. The van der Waals surface area contributed by atoms with Gasteiger partial charge in [0.05, 0.1) is 17.1 Å². The van der Waals surface area contributed by atoms with Gasteiger partial charge in [-0.1, -0.05) is 0 Å². The van der Waals surface area contributed by atoms with Gasteiger partial charge in [-0.3, -0.25) is 0 Å². The van der Waals surface area contributed by atoms with Crippen LogP contribution in [0, 0.1) is 0 Å². The van der Waals surface area contributed by atoms with E-state index in [0.29, 0.717) is 18.4 Å². The third kappa shape index (κ3) is 2.23. The second-order valence-electron chi connectivity index (χ2n) is 4.55. The Labute approximate surface area is 111 Å². The van der Waals surface area contributed by atoms with Crippen molar-refractivity contribution in [1.82, 2.24) is 0 Å². The lowest BCUT2D eigenvalue weighted by Crippen LogP contribution is -2.43. The molecule has 1 aliphatic carbocycles. The topological polar surface area (TPSA) is 35.2 Å². The average molecular weight is 324 g/mol. The molecule has 0 aliphatic heterocycles. The van der Waals surface area contributed by atoms with E-state index in [4.69, 9.17) is 10.5 Å². The van der Waals surface area contributed by atoms with Crippen molar-refractivity contribution in [3.05, 3.63) is 27.7 Å². The number of ether oxygens (including phenoxy) is 1. The number of hydrogen-bond acceptors (Lipinski definition) is 2. The van der Waals surface area contributed by atoms with Gasteiger partial charge >= 0.3 is 6.18 Å². The molecule has 0 heterocycles. The molecule has 2 rings (SSSR count). The molecule has 0 atom stereocenters. The van der Waals surface area contributed by atoms with E-state index in [1.807, 2.05) is 0 Å². The van der Waals surface area contributed by atoms with Crippen LogP contribution in [-0.4, -0.2) is 7.11 Å². The predicted molar refractivity (Wildman–Crippen MR) is 65.4 cm³/mol. The lowest BCUT2D eigenvalue weighted by Gasteiger charge is -2.39. The van der Waals surface area contributed by atoms with Crippen LogP contribution in [-0.2, 0) is 11.7 Å². The van der Waals surface area contributed by atoms with Crippen molar-refractivity contribution in [2.75, 3.05) is 7.11 Å². The molecule has 0 radical (unpaired) electrons. The maximum atomic E-state index is 13.0. The second-order valence-corrected chi connectivity index (χ2v) is 5.40. The monoisotopic (exact) mass is 323 g/mol. The molecule has 1 aromatic carbocycles. The van der Waals surface area contributed by atoms with Gasteiger partial charge in [-0.2, -0.15) is 13.2 Å². The number of benzene rings is 1. The summed E-state index contributed by atoms with van der Waals surface area (Å²) in [5.74, 6) is -0.200. The molecule has 1 fully saturated rings. The Balaban J connectivity index is 2.56. The standard InChI is InChI=1S/C12H13BrF3NO/c1-18-10-8(12(14,15)16)5-7(6-9(10)13)11(17)3-2-4-11/h5-6H,2-4,17H2,1H3. The Bertz CT molecular complexity index is 469. The van der Waals surface area contributed by atoms with Gasteiger partial charge in [-0.25, -0.2) is 0 Å². The SMILES string of the molecule is COc1c(Br)cc(C2(N)CCC2)cc1C(F)(F)F. The van der Waals surface area contributed by atoms with Gasteiger partial charge in [-0.05, 0) is 52.9 Å². The highest BCUT2D eigenvalue weighted by Crippen LogP contribution is 2.46. The predicted octanol–water partition coefficient (Wildman–Crippen LogP) is 3.81. The van der Waals surface area contributed by atoms with Crippen molar-refractivity contribution in [3.63, 3.8) is 0 Å². The highest BCUT2D eigenvalue weighted by Gasteiger charge is 2.40. The van der Waals surface area contributed by atoms with Gasteiger partial charge in [0.1, 0.15) is 5.75 Å². The van der Waals surface area contributed by atoms with Gasteiger partial charge < -0.3 is 10.5 Å². The van der Waals surface area contributed by atoms with Crippen LogP contribution >= 0.6 is 15.9 Å². The van der Waals surface area contributed by atoms with E-state index in [2.05, 4.69) is 15.9 Å². The number of rotatable bonds is 2. The summed E-state index contributed by atoms with van der Waals surface area (Å²) in [6, 6.07) is 2.72. The summed E-state index contributed by atoms with van der Waals surface area (Å²) in [5, 5.41) is 0. The van der Waals surface area contributed by atoms with E-state index in [-0.39, 0.29) is 10.2 Å². The van der Waals surface area contributed by atoms with E-state index in [1.165, 1.54) is 7.11 Å². The first-order valence-electron chi connectivity index (χ1n) is 5.52. The maximum Gasteiger partial charge on any atom is 0.420 e. The Kier molecular flexibility index (Phi) is 3.36. The lowest BCUT2D eigenvalue weighted by atomic mass is 9.72. The molecule has 0 amide bonds. The Hall–Kier alpha value is -0.750. The summed E-state index contributed by atoms with van der Waals surface area (Å²) in [5.41, 5.74) is 5.16. The zero-order chi connectivity index (χ0) is 13.6. The molecule has 18 heavy (non-hydrogen) atoms. The smallest absolute Gasteiger partial charge is 0.420 e. The largest absolute Gasteiger partial charge is 0.495 e. The third-order valence-corrected chi connectivity index (χ3v) is 3.96. The molecule has 0 saturated heterocycles. The summed E-state index contributed by atoms with van der Waals surface area (Å²) in [6.07, 6.45) is -2.09. The first-order chi connectivity index (χ1) is 8.28. The van der Waals surface area contributed by atoms with Crippen LogP contribution in [0.4, 0.5) is 13.2 Å². The van der Waals surface area contributed by atoms with Crippen LogP contribution in [0.5, 0.6) is 5.75 Å². The average Bonchev–Trinajstić information content (AvgIpc) is 2.23. The van der Waals surface area contributed by atoms with Crippen molar-refractivity contribution in [2.24, 2.45) is 5.73 Å². The molecule has 1 aliphatic rings. The van der Waals surface area contributed by atoms with E-state index >= 15 is 0 Å². The zero-order valence-electron chi connectivity index (χ0n) is 9.77. The number of nitrogens with two attached hydrogens (primary N) is 1. The van der Waals surface area contributed by atoms with Gasteiger partial charge in [0.15, 0.2) is 0 Å². The molecule has 0 aromatic heterocycles. The first-order valence-corrected chi connectivity index (χ1v) is 6.31. The van der Waals surface area contributed by atoms with Crippen LogP contribution in [0.2, 0.25) is 0 Å². The molecule has 2 N–H and O–H groups in total. The maximum absolute atomic E-state index is 13.0. The van der Waals surface area contributed by atoms with Crippen LogP contribution in [0.15, 0.2) is 16.6 Å². The van der Waals surface area contributed by atoms with Gasteiger partial charge in [0.25, 0.3) is 0 Å². The first kappa shape index (κ1) is 13.7. The molecule has 6 heteroatoms. The van der Waals surface area contributed by atoms with Crippen LogP contribution in [0.1, 0.15) is 30.4 Å². The zero-order valence-corrected chi connectivity index (χ0v) is 11.4. The van der Waals surface area contributed by atoms with Gasteiger partial charge in [0.2, 0.25) is 0 Å². The second kappa shape index (κ2) is 4.42. The third-order valence-electron chi connectivity index (χ3n) is 3.37. The molecule has 1 saturated carbocycles. The molecule has 0 bridgehead atoms. The Morgan fingerprint density at radius 2 is 1.94 bits per heavy atom. The Morgan fingerprint density at radius 1 is 1.33 bits per heavy atom. The molecule has 1 aromatic rings. The molecule has 0 unspecified atom stereocenters. The number of halogens is 4. The minimum Gasteiger partial charge on any atom is -0.495 e. The van der Waals surface area contributed by atoms with Gasteiger partial charge in [-0.15, -0.1) is 0 Å². The molecular weight excluding hydrogens is 311 g/mol. The number of alkyl halides is 3. The van der Waals surface area contributed by atoms with E-state index < -0.39 is 17.3 Å². The lowest BCUT2D eigenvalue weighted by molar-refractivity contribution is -0.138. The fraction of sp³-hybridized carbons (Fsp3) is 0.500. The highest BCUT2D eigenvalue weighted by atomic mass is 79.9. The molecule has 2 nitrogen and oxygen atoms in total. The van der Waals surface area contributed by atoms with Gasteiger partial charge in [0, 0.05) is 5.54 Å². The Morgan fingerprint density at radius 3 is 2.33 bits per heavy atom. The summed E-state index contributed by atoms with van der Waals surface area (Å²) in [4.78, 5) is 0. The normalized spacial score (nSPS) is 18.3. The minimum absolute atomic E-state index is 0.200. The van der Waals surface area contributed by atoms with Crippen molar-refractivity contribution >= 4 is 15.9 Å². The number of hydrogen-bond donors (Lipinski definition) is 1. The number of methoxy groups -OCH3 is 1. The van der Waals surface area contributed by atoms with Crippen molar-refractivity contribution in [2.45, 2.75) is 31.0 Å². The summed E-state index contributed by atoms with van der Waals surface area (Å²) in [7, 11) is 1.22. The summed E-state index contributed by atoms with van der Waals surface area (Å²) < 4.78 is 44.0. The van der Waals surface area contributed by atoms with E-state index in [0.717, 1.165) is 12.5 Å².